The van der Waals surface area contributed by atoms with Crippen LogP contribution in [0, 0.1) is 30.5 Å². The van der Waals surface area contributed by atoms with Crippen molar-refractivity contribution in [2.45, 2.75) is 33.1 Å². The van der Waals surface area contributed by atoms with Crippen molar-refractivity contribution >= 4 is 40.2 Å². The molecule has 0 radical (unpaired) electrons. The zero-order chi connectivity index (χ0) is 29.5. The van der Waals surface area contributed by atoms with Crippen molar-refractivity contribution in [3.63, 3.8) is 0 Å². The normalized spacial score (nSPS) is 20.1. The van der Waals surface area contributed by atoms with Crippen molar-refractivity contribution in [3.8, 4) is 11.3 Å². The van der Waals surface area contributed by atoms with E-state index in [9.17, 15) is 23.6 Å². The van der Waals surface area contributed by atoms with Gasteiger partial charge in [0, 0.05) is 16.5 Å². The number of amides is 2. The summed E-state index contributed by atoms with van der Waals surface area (Å²) in [6.45, 7) is 3.51. The number of carbonyl (C=O) groups excluding carboxylic acids is 4. The lowest BCUT2D eigenvalue weighted by atomic mass is 9.76. The maximum absolute atomic E-state index is 13.2. The smallest absolute Gasteiger partial charge is 0.339 e. The number of fused-ring (bicyclic) bond motifs is 2. The number of halogens is 1. The highest BCUT2D eigenvalue weighted by Gasteiger charge is 2.49. The fraction of sp³-hybridized carbons (Fsp3) is 0.265. The van der Waals surface area contributed by atoms with Crippen LogP contribution in [0.15, 0.2) is 72.8 Å². The van der Waals surface area contributed by atoms with E-state index in [1.165, 1.54) is 29.2 Å². The van der Waals surface area contributed by atoms with E-state index >= 15 is 0 Å². The van der Waals surface area contributed by atoms with Gasteiger partial charge in [0.15, 0.2) is 12.4 Å². The van der Waals surface area contributed by atoms with Crippen LogP contribution in [0.3, 0.4) is 0 Å². The number of rotatable bonds is 6. The zero-order valence-corrected chi connectivity index (χ0v) is 23.3. The summed E-state index contributed by atoms with van der Waals surface area (Å²) in [4.78, 5) is 58.2. The Labute approximate surface area is 242 Å². The quantitative estimate of drug-likeness (QED) is 0.155. The van der Waals surface area contributed by atoms with Crippen LogP contribution in [-0.4, -0.2) is 35.2 Å². The number of benzene rings is 3. The standard InChI is InChI=1S/C34H29FN2O5/c1-19-6-15-26-27(16-19)33(40)37(32(26)39)24-13-9-21(10-14-24)29-17-28(25-5-3-4-20(2)31(25)36-29)34(41)42-18-30(38)22-7-11-23(35)12-8-22/h3-5,7-14,17,19,26-27H,6,15-16,18H2,1-2H3. The summed E-state index contributed by atoms with van der Waals surface area (Å²) < 4.78 is 18.6. The molecule has 1 saturated heterocycles. The Morgan fingerprint density at radius 1 is 0.952 bits per heavy atom. The Morgan fingerprint density at radius 2 is 1.67 bits per heavy atom. The molecular formula is C34H29FN2O5. The minimum Gasteiger partial charge on any atom is -0.454 e. The summed E-state index contributed by atoms with van der Waals surface area (Å²) in [5.74, 6) is -1.95. The van der Waals surface area contributed by atoms with Crippen molar-refractivity contribution in [2.24, 2.45) is 17.8 Å². The van der Waals surface area contributed by atoms with Gasteiger partial charge < -0.3 is 4.74 Å². The van der Waals surface area contributed by atoms with Crippen molar-refractivity contribution in [1.82, 2.24) is 4.98 Å². The number of carbonyl (C=O) groups is 4. The number of anilines is 1. The van der Waals surface area contributed by atoms with E-state index in [-0.39, 0.29) is 34.8 Å². The first-order valence-corrected chi connectivity index (χ1v) is 14.1. The molecule has 1 aliphatic heterocycles. The third-order valence-electron chi connectivity index (χ3n) is 8.37. The number of ether oxygens (including phenoxy) is 1. The van der Waals surface area contributed by atoms with Gasteiger partial charge in [-0.1, -0.05) is 37.3 Å². The molecule has 4 aromatic rings. The van der Waals surface area contributed by atoms with Crippen LogP contribution in [0.2, 0.25) is 0 Å². The number of Topliss-reactive ketones (excluding diaryl/α,β-unsaturated/α-hetero) is 1. The Morgan fingerprint density at radius 3 is 2.40 bits per heavy atom. The van der Waals surface area contributed by atoms with Gasteiger partial charge in [-0.3, -0.25) is 19.3 Å². The van der Waals surface area contributed by atoms with Crippen LogP contribution in [-0.2, 0) is 14.3 Å². The molecule has 3 unspecified atom stereocenters. The molecular weight excluding hydrogens is 535 g/mol. The highest BCUT2D eigenvalue weighted by Crippen LogP contribution is 2.42. The lowest BCUT2D eigenvalue weighted by Crippen LogP contribution is -2.30. The van der Waals surface area contributed by atoms with E-state index in [2.05, 4.69) is 6.92 Å². The van der Waals surface area contributed by atoms with E-state index in [1.54, 1.807) is 36.4 Å². The second-order valence-electron chi connectivity index (χ2n) is 11.2. The number of ketones is 1. The molecule has 3 aromatic carbocycles. The van der Waals surface area contributed by atoms with E-state index in [0.29, 0.717) is 33.8 Å². The number of imide groups is 1. The molecule has 2 heterocycles. The van der Waals surface area contributed by atoms with Crippen LogP contribution >= 0.6 is 0 Å². The molecule has 2 fully saturated rings. The Bertz CT molecular complexity index is 1730. The number of esters is 1. The Hall–Kier alpha value is -4.72. The second kappa shape index (κ2) is 10.9. The third-order valence-corrected chi connectivity index (χ3v) is 8.37. The maximum Gasteiger partial charge on any atom is 0.339 e. The summed E-state index contributed by atoms with van der Waals surface area (Å²) in [5.41, 5.74) is 3.66. The number of hydrogen-bond donors (Lipinski definition) is 0. The van der Waals surface area contributed by atoms with Gasteiger partial charge in [0.05, 0.1) is 34.3 Å². The number of aromatic nitrogens is 1. The van der Waals surface area contributed by atoms with Crippen molar-refractivity contribution < 1.29 is 28.3 Å². The van der Waals surface area contributed by atoms with Gasteiger partial charge in [0.1, 0.15) is 5.82 Å². The molecule has 42 heavy (non-hydrogen) atoms. The zero-order valence-electron chi connectivity index (χ0n) is 23.3. The molecule has 0 N–H and O–H groups in total. The molecule has 0 spiro atoms. The van der Waals surface area contributed by atoms with Gasteiger partial charge in [-0.2, -0.15) is 0 Å². The molecule has 6 rings (SSSR count). The molecule has 8 heteroatoms. The lowest BCUT2D eigenvalue weighted by molar-refractivity contribution is -0.122. The van der Waals surface area contributed by atoms with Crippen molar-refractivity contribution in [2.75, 3.05) is 11.5 Å². The first kappa shape index (κ1) is 27.4. The van der Waals surface area contributed by atoms with Crippen molar-refractivity contribution in [3.05, 3.63) is 95.3 Å². The monoisotopic (exact) mass is 564 g/mol. The minimum atomic E-state index is -0.688. The van der Waals surface area contributed by atoms with Gasteiger partial charge >= 0.3 is 5.97 Å². The molecule has 1 aliphatic carbocycles. The SMILES string of the molecule is Cc1cccc2c(C(=O)OCC(=O)c3ccc(F)cc3)cc(-c3ccc(N4C(=O)C5CCC(C)CC5C4=O)cc3)nc12. The van der Waals surface area contributed by atoms with E-state index < -0.39 is 24.2 Å². The van der Waals surface area contributed by atoms with E-state index in [4.69, 9.17) is 9.72 Å². The van der Waals surface area contributed by atoms with Crippen molar-refractivity contribution in [1.29, 1.82) is 0 Å². The first-order chi connectivity index (χ1) is 20.2. The summed E-state index contributed by atoms with van der Waals surface area (Å²) >= 11 is 0. The number of hydrogen-bond acceptors (Lipinski definition) is 6. The summed E-state index contributed by atoms with van der Waals surface area (Å²) in [5, 5.41) is 0.583. The third kappa shape index (κ3) is 4.98. The largest absolute Gasteiger partial charge is 0.454 e. The molecule has 212 valence electrons. The lowest BCUT2D eigenvalue weighted by Gasteiger charge is -2.25. The van der Waals surface area contributed by atoms with Gasteiger partial charge in [-0.15, -0.1) is 0 Å². The summed E-state index contributed by atoms with van der Waals surface area (Å²) in [6.07, 6.45) is 2.42. The number of para-hydroxylation sites is 1. The molecule has 1 aromatic heterocycles. The number of pyridine rings is 1. The van der Waals surface area contributed by atoms with Crippen LogP contribution in [0.5, 0.6) is 0 Å². The Kier molecular flexibility index (Phi) is 7.14. The molecule has 2 aliphatic rings. The maximum atomic E-state index is 13.2. The van der Waals surface area contributed by atoms with Crippen LogP contribution < -0.4 is 4.90 Å². The fourth-order valence-corrected chi connectivity index (χ4v) is 6.06. The van der Waals surface area contributed by atoms with Crippen LogP contribution in [0.4, 0.5) is 10.1 Å². The van der Waals surface area contributed by atoms with Gasteiger partial charge in [-0.25, -0.2) is 14.2 Å². The highest BCUT2D eigenvalue weighted by atomic mass is 19.1. The molecule has 0 bridgehead atoms. The Balaban J connectivity index is 1.28. The fourth-order valence-electron chi connectivity index (χ4n) is 6.06. The average molecular weight is 565 g/mol. The van der Waals surface area contributed by atoms with Crippen LogP contribution in [0.25, 0.3) is 22.2 Å². The topological polar surface area (TPSA) is 93.6 Å². The molecule has 1 saturated carbocycles. The predicted octanol–water partition coefficient (Wildman–Crippen LogP) is 6.31. The number of nitrogens with zero attached hydrogens (tertiary/aromatic N) is 2. The molecule has 2 amide bonds. The second-order valence-corrected chi connectivity index (χ2v) is 11.2. The average Bonchev–Trinajstić information content (AvgIpc) is 3.24. The number of aryl methyl sites for hydroxylation is 1. The predicted molar refractivity (Wildman–Crippen MR) is 155 cm³/mol. The van der Waals surface area contributed by atoms with Gasteiger partial charge in [-0.05, 0) is 80.1 Å². The van der Waals surface area contributed by atoms with E-state index in [1.807, 2.05) is 19.1 Å². The molecule has 7 nitrogen and oxygen atoms in total. The first-order valence-electron chi connectivity index (χ1n) is 14.1. The van der Waals surface area contributed by atoms with Gasteiger partial charge in [0.25, 0.3) is 0 Å². The minimum absolute atomic E-state index is 0.135. The summed E-state index contributed by atoms with van der Waals surface area (Å²) in [6, 6.07) is 19.1. The highest BCUT2D eigenvalue weighted by molar-refractivity contribution is 6.22. The van der Waals surface area contributed by atoms with Crippen LogP contribution in [0.1, 0.15) is 52.5 Å². The molecule has 3 atom stereocenters. The van der Waals surface area contributed by atoms with Gasteiger partial charge in [0.2, 0.25) is 11.8 Å². The van der Waals surface area contributed by atoms with E-state index in [0.717, 1.165) is 24.8 Å². The summed E-state index contributed by atoms with van der Waals surface area (Å²) in [7, 11) is 0.